The van der Waals surface area contributed by atoms with Crippen molar-refractivity contribution in [3.63, 3.8) is 0 Å². The molecule has 2 fully saturated rings. The highest BCUT2D eigenvalue weighted by Crippen LogP contribution is 2.55. The molecular weight excluding hydrogens is 142 g/mol. The van der Waals surface area contributed by atoms with Gasteiger partial charge in [-0.3, -0.25) is 10.0 Å². The van der Waals surface area contributed by atoms with Gasteiger partial charge in [0.15, 0.2) is 0 Å². The van der Waals surface area contributed by atoms with Crippen molar-refractivity contribution in [3.05, 3.63) is 0 Å². The molecule has 1 amide bonds. The van der Waals surface area contributed by atoms with Crippen LogP contribution >= 0.6 is 0 Å². The van der Waals surface area contributed by atoms with Crippen molar-refractivity contribution in [1.29, 1.82) is 0 Å². The van der Waals surface area contributed by atoms with Gasteiger partial charge in [-0.05, 0) is 24.7 Å². The highest BCUT2D eigenvalue weighted by Gasteiger charge is 2.54. The molecule has 3 heteroatoms. The van der Waals surface area contributed by atoms with E-state index in [-0.39, 0.29) is 11.8 Å². The van der Waals surface area contributed by atoms with Crippen LogP contribution in [0.1, 0.15) is 25.7 Å². The number of carbonyl (C=O) groups excluding carboxylic acids is 1. The largest absolute Gasteiger partial charge is 0.289 e. The Morgan fingerprint density at radius 1 is 1.27 bits per heavy atom. The lowest BCUT2D eigenvalue weighted by molar-refractivity contribution is -0.131. The smallest absolute Gasteiger partial charge is 0.247 e. The van der Waals surface area contributed by atoms with E-state index in [0.29, 0.717) is 11.8 Å². The monoisotopic (exact) mass is 155 g/mol. The van der Waals surface area contributed by atoms with Gasteiger partial charge in [0, 0.05) is 5.92 Å². The van der Waals surface area contributed by atoms with E-state index in [1.54, 1.807) is 5.48 Å². The zero-order valence-corrected chi connectivity index (χ0v) is 6.42. The minimum atomic E-state index is -0.165. The minimum absolute atomic E-state index is 0.141. The van der Waals surface area contributed by atoms with Gasteiger partial charge in [-0.25, -0.2) is 5.48 Å². The van der Waals surface area contributed by atoms with E-state index >= 15 is 0 Å². The van der Waals surface area contributed by atoms with Crippen LogP contribution in [0.4, 0.5) is 0 Å². The molecule has 0 bridgehead atoms. The van der Waals surface area contributed by atoms with Crippen molar-refractivity contribution >= 4 is 5.91 Å². The molecule has 2 saturated carbocycles. The quantitative estimate of drug-likeness (QED) is 0.437. The molecule has 0 aromatic rings. The van der Waals surface area contributed by atoms with Gasteiger partial charge in [0.25, 0.3) is 0 Å². The zero-order chi connectivity index (χ0) is 7.84. The Balaban J connectivity index is 1.94. The molecule has 0 radical (unpaired) electrons. The molecule has 62 valence electrons. The fraction of sp³-hybridized carbons (Fsp3) is 0.875. The first-order chi connectivity index (χ1) is 5.34. The zero-order valence-electron chi connectivity index (χ0n) is 6.42. The van der Waals surface area contributed by atoms with E-state index in [1.165, 1.54) is 25.7 Å². The lowest BCUT2D eigenvalue weighted by atomic mass is 10.0. The number of hydroxylamine groups is 1. The van der Waals surface area contributed by atoms with Crippen LogP contribution < -0.4 is 5.48 Å². The molecule has 0 heterocycles. The molecule has 2 rings (SSSR count). The Morgan fingerprint density at radius 3 is 2.27 bits per heavy atom. The number of hydrogen-bond donors (Lipinski definition) is 2. The van der Waals surface area contributed by atoms with Gasteiger partial charge in [-0.15, -0.1) is 0 Å². The van der Waals surface area contributed by atoms with Gasteiger partial charge >= 0.3 is 0 Å². The number of fused-ring (bicyclic) bond motifs is 1. The van der Waals surface area contributed by atoms with Crippen LogP contribution in [-0.4, -0.2) is 11.1 Å². The highest BCUT2D eigenvalue weighted by molar-refractivity contribution is 5.81. The third kappa shape index (κ3) is 1.03. The van der Waals surface area contributed by atoms with Crippen LogP contribution in [0.25, 0.3) is 0 Å². The van der Waals surface area contributed by atoms with Crippen molar-refractivity contribution in [2.75, 3.05) is 0 Å². The summed E-state index contributed by atoms with van der Waals surface area (Å²) < 4.78 is 0. The number of amides is 1. The first-order valence-electron chi connectivity index (χ1n) is 4.28. The Kier molecular flexibility index (Phi) is 1.60. The summed E-state index contributed by atoms with van der Waals surface area (Å²) in [6, 6.07) is 0. The van der Waals surface area contributed by atoms with Gasteiger partial charge in [0.05, 0.1) is 0 Å². The van der Waals surface area contributed by atoms with E-state index in [9.17, 15) is 4.79 Å². The van der Waals surface area contributed by atoms with Crippen molar-refractivity contribution in [2.24, 2.45) is 17.8 Å². The molecule has 2 atom stereocenters. The van der Waals surface area contributed by atoms with E-state index in [0.717, 1.165) is 0 Å². The predicted molar refractivity (Wildman–Crippen MR) is 38.9 cm³/mol. The molecule has 0 aromatic heterocycles. The molecule has 0 aromatic carbocycles. The minimum Gasteiger partial charge on any atom is -0.289 e. The maximum Gasteiger partial charge on any atom is 0.247 e. The summed E-state index contributed by atoms with van der Waals surface area (Å²) in [5.41, 5.74) is 1.74. The summed E-state index contributed by atoms with van der Waals surface area (Å²) >= 11 is 0. The van der Waals surface area contributed by atoms with Crippen LogP contribution in [-0.2, 0) is 4.79 Å². The lowest BCUT2D eigenvalue weighted by Gasteiger charge is -2.04. The van der Waals surface area contributed by atoms with Crippen molar-refractivity contribution in [2.45, 2.75) is 25.7 Å². The fourth-order valence-electron chi connectivity index (χ4n) is 2.46. The van der Waals surface area contributed by atoms with Crippen LogP contribution in [0.5, 0.6) is 0 Å². The molecule has 0 saturated heterocycles. The van der Waals surface area contributed by atoms with Crippen LogP contribution in [0.3, 0.4) is 0 Å². The third-order valence-electron chi connectivity index (χ3n) is 3.07. The average Bonchev–Trinajstić information content (AvgIpc) is 2.77. The molecule has 0 aliphatic heterocycles. The molecule has 2 N–H and O–H groups in total. The molecule has 2 unspecified atom stereocenters. The molecular formula is C8H13NO2. The van der Waals surface area contributed by atoms with Crippen molar-refractivity contribution in [1.82, 2.24) is 5.48 Å². The molecule has 2 aliphatic rings. The van der Waals surface area contributed by atoms with Crippen LogP contribution in [0.2, 0.25) is 0 Å². The first-order valence-corrected chi connectivity index (χ1v) is 4.28. The maximum absolute atomic E-state index is 11.0. The van der Waals surface area contributed by atoms with Gasteiger partial charge in [-0.1, -0.05) is 12.8 Å². The van der Waals surface area contributed by atoms with E-state index in [1.807, 2.05) is 0 Å². The van der Waals surface area contributed by atoms with Gasteiger partial charge in [0.2, 0.25) is 5.91 Å². The summed E-state index contributed by atoms with van der Waals surface area (Å²) in [5.74, 6) is 1.16. The first kappa shape index (κ1) is 7.10. The Labute approximate surface area is 65.7 Å². The third-order valence-corrected chi connectivity index (χ3v) is 3.07. The second-order valence-electron chi connectivity index (χ2n) is 3.61. The topological polar surface area (TPSA) is 49.3 Å². The maximum atomic E-state index is 11.0. The lowest BCUT2D eigenvalue weighted by Crippen LogP contribution is -2.21. The van der Waals surface area contributed by atoms with Crippen molar-refractivity contribution in [3.8, 4) is 0 Å². The van der Waals surface area contributed by atoms with Gasteiger partial charge in [-0.2, -0.15) is 0 Å². The average molecular weight is 155 g/mol. The number of nitrogens with one attached hydrogen (secondary N) is 1. The SMILES string of the molecule is O=C(NO)C1C2CCCCC21. The molecule has 3 nitrogen and oxygen atoms in total. The fourth-order valence-corrected chi connectivity index (χ4v) is 2.46. The standard InChI is InChI=1S/C8H13NO2/c10-8(9-11)7-5-3-1-2-4-6(5)7/h5-7,11H,1-4H2,(H,9,10). The van der Waals surface area contributed by atoms with Gasteiger partial charge in [0.1, 0.15) is 0 Å². The molecule has 2 aliphatic carbocycles. The number of rotatable bonds is 1. The Hall–Kier alpha value is -0.570. The Bertz CT molecular complexity index is 169. The summed E-state index contributed by atoms with van der Waals surface area (Å²) in [6.07, 6.45) is 4.89. The normalized spacial score (nSPS) is 41.0. The van der Waals surface area contributed by atoms with Crippen LogP contribution in [0, 0.1) is 17.8 Å². The summed E-state index contributed by atoms with van der Waals surface area (Å²) in [4.78, 5) is 11.0. The predicted octanol–water partition coefficient (Wildman–Crippen LogP) is 0.928. The van der Waals surface area contributed by atoms with Crippen LogP contribution in [0.15, 0.2) is 0 Å². The second kappa shape index (κ2) is 2.48. The Morgan fingerprint density at radius 2 is 1.82 bits per heavy atom. The second-order valence-corrected chi connectivity index (χ2v) is 3.61. The molecule has 11 heavy (non-hydrogen) atoms. The van der Waals surface area contributed by atoms with E-state index in [2.05, 4.69) is 0 Å². The summed E-state index contributed by atoms with van der Waals surface area (Å²) in [5, 5.41) is 8.39. The van der Waals surface area contributed by atoms with E-state index in [4.69, 9.17) is 5.21 Å². The molecule has 0 spiro atoms. The van der Waals surface area contributed by atoms with Gasteiger partial charge < -0.3 is 0 Å². The summed E-state index contributed by atoms with van der Waals surface area (Å²) in [7, 11) is 0. The van der Waals surface area contributed by atoms with Crippen molar-refractivity contribution < 1.29 is 10.0 Å². The highest BCUT2D eigenvalue weighted by atomic mass is 16.5. The summed E-state index contributed by atoms with van der Waals surface area (Å²) in [6.45, 7) is 0. The number of carbonyl (C=O) groups is 1. The number of hydrogen-bond acceptors (Lipinski definition) is 2. The van der Waals surface area contributed by atoms with E-state index < -0.39 is 0 Å².